The molecule has 0 aliphatic rings. The molecule has 1 aromatic heterocycles. The lowest BCUT2D eigenvalue weighted by Gasteiger charge is -2.11. The number of aromatic nitrogens is 4. The molecule has 3 aromatic rings. The van der Waals surface area contributed by atoms with Crippen molar-refractivity contribution < 1.29 is 9.53 Å². The van der Waals surface area contributed by atoms with Crippen LogP contribution in [0.1, 0.15) is 33.7 Å². The Bertz CT molecular complexity index is 834. The highest BCUT2D eigenvalue weighted by Crippen LogP contribution is 2.20. The smallest absolute Gasteiger partial charge is 0.249 e. The van der Waals surface area contributed by atoms with E-state index < -0.39 is 5.91 Å². The molecule has 0 spiro atoms. The fourth-order valence-electron chi connectivity index (χ4n) is 2.57. The lowest BCUT2D eigenvalue weighted by molar-refractivity contribution is 0.0999. The number of aromatic amines is 1. The third kappa shape index (κ3) is 4.89. The second-order valence-corrected chi connectivity index (χ2v) is 5.84. The molecule has 0 fully saturated rings. The zero-order valence-corrected chi connectivity index (χ0v) is 14.3. The fourth-order valence-corrected chi connectivity index (χ4v) is 2.57. The molecule has 0 aliphatic heterocycles. The Balaban J connectivity index is 1.58. The summed E-state index contributed by atoms with van der Waals surface area (Å²) < 4.78 is 5.77. The van der Waals surface area contributed by atoms with Crippen molar-refractivity contribution in [3.05, 3.63) is 77.5 Å². The average molecular weight is 350 g/mol. The molecule has 7 nitrogen and oxygen atoms in total. The van der Waals surface area contributed by atoms with Crippen molar-refractivity contribution in [2.45, 2.75) is 25.9 Å². The third-order valence-electron chi connectivity index (χ3n) is 3.93. The molecule has 133 valence electrons. The molecule has 26 heavy (non-hydrogen) atoms. The zero-order chi connectivity index (χ0) is 18.2. The third-order valence-corrected chi connectivity index (χ3v) is 3.93. The van der Waals surface area contributed by atoms with Gasteiger partial charge in [0.2, 0.25) is 5.91 Å². The number of ether oxygens (including phenoxy) is 1. The SMILES string of the molecule is NC(=O)c1cc(OCc2ccccc2)ccc1C[CH]CCc1nnn[nH]1. The lowest BCUT2D eigenvalue weighted by atomic mass is 10.0. The topological polar surface area (TPSA) is 107 Å². The second-order valence-electron chi connectivity index (χ2n) is 5.84. The number of primary amides is 1. The van der Waals surface area contributed by atoms with Gasteiger partial charge in [-0.25, -0.2) is 5.10 Å². The quantitative estimate of drug-likeness (QED) is 0.576. The Morgan fingerprint density at radius 2 is 2.04 bits per heavy atom. The summed E-state index contributed by atoms with van der Waals surface area (Å²) in [4.78, 5) is 11.8. The number of carbonyl (C=O) groups is 1. The van der Waals surface area contributed by atoms with Crippen molar-refractivity contribution in [2.24, 2.45) is 5.73 Å². The van der Waals surface area contributed by atoms with Crippen molar-refractivity contribution in [3.8, 4) is 5.75 Å². The monoisotopic (exact) mass is 350 g/mol. The average Bonchev–Trinajstić information content (AvgIpc) is 3.18. The molecule has 0 unspecified atom stereocenters. The van der Waals surface area contributed by atoms with E-state index in [-0.39, 0.29) is 0 Å². The Labute approximate surface area is 151 Å². The molecule has 0 atom stereocenters. The number of aryl methyl sites for hydroxylation is 1. The number of H-pyrrole nitrogens is 1. The van der Waals surface area contributed by atoms with Gasteiger partial charge in [0.25, 0.3) is 0 Å². The fraction of sp³-hybridized carbons (Fsp3) is 0.211. The van der Waals surface area contributed by atoms with E-state index in [2.05, 4.69) is 27.0 Å². The summed E-state index contributed by atoms with van der Waals surface area (Å²) >= 11 is 0. The first-order valence-corrected chi connectivity index (χ1v) is 8.36. The standard InChI is InChI=1S/C19H20N5O2/c20-19(25)17-12-16(26-13-14-6-2-1-3-7-14)11-10-15(17)8-4-5-9-18-21-23-24-22-18/h1-4,6-7,10-12H,5,8-9,13H2,(H2,20,25)(H,21,22,23,24). The van der Waals surface area contributed by atoms with Crippen LogP contribution < -0.4 is 10.5 Å². The summed E-state index contributed by atoms with van der Waals surface area (Å²) in [5.41, 5.74) is 7.95. The molecular weight excluding hydrogens is 330 g/mol. The minimum atomic E-state index is -0.460. The minimum Gasteiger partial charge on any atom is -0.489 e. The van der Waals surface area contributed by atoms with Crippen LogP contribution in [0.15, 0.2) is 48.5 Å². The number of rotatable bonds is 9. The highest BCUT2D eigenvalue weighted by Gasteiger charge is 2.10. The van der Waals surface area contributed by atoms with Crippen molar-refractivity contribution >= 4 is 5.91 Å². The molecule has 2 aromatic carbocycles. The van der Waals surface area contributed by atoms with E-state index in [1.807, 2.05) is 42.5 Å². The highest BCUT2D eigenvalue weighted by molar-refractivity contribution is 5.94. The Morgan fingerprint density at radius 1 is 1.19 bits per heavy atom. The first-order valence-electron chi connectivity index (χ1n) is 8.36. The van der Waals surface area contributed by atoms with Gasteiger partial charge in [-0.05, 0) is 52.9 Å². The summed E-state index contributed by atoms with van der Waals surface area (Å²) in [6.45, 7) is 0.440. The van der Waals surface area contributed by atoms with E-state index >= 15 is 0 Å². The number of hydrogen-bond donors (Lipinski definition) is 2. The van der Waals surface area contributed by atoms with E-state index in [4.69, 9.17) is 10.5 Å². The van der Waals surface area contributed by atoms with Crippen molar-refractivity contribution in [1.82, 2.24) is 20.6 Å². The normalized spacial score (nSPS) is 10.6. The molecular formula is C19H20N5O2. The van der Waals surface area contributed by atoms with Crippen LogP contribution in [-0.2, 0) is 19.4 Å². The molecule has 3 rings (SSSR count). The number of hydrogen-bond acceptors (Lipinski definition) is 5. The maximum atomic E-state index is 11.8. The molecule has 0 aliphatic carbocycles. The van der Waals surface area contributed by atoms with E-state index in [1.165, 1.54) is 0 Å². The number of nitrogens with two attached hydrogens (primary N) is 1. The van der Waals surface area contributed by atoms with E-state index in [0.29, 0.717) is 24.3 Å². The summed E-state index contributed by atoms with van der Waals surface area (Å²) in [5.74, 6) is 0.901. The van der Waals surface area contributed by atoms with Gasteiger partial charge in [-0.2, -0.15) is 0 Å². The summed E-state index contributed by atoms with van der Waals surface area (Å²) in [6.07, 6.45) is 4.23. The van der Waals surface area contributed by atoms with Crippen LogP contribution in [0.4, 0.5) is 0 Å². The number of benzene rings is 2. The maximum Gasteiger partial charge on any atom is 0.249 e. The zero-order valence-electron chi connectivity index (χ0n) is 14.3. The Morgan fingerprint density at radius 3 is 2.77 bits per heavy atom. The number of carbonyl (C=O) groups excluding carboxylic acids is 1. The van der Waals surface area contributed by atoms with Gasteiger partial charge >= 0.3 is 0 Å². The van der Waals surface area contributed by atoms with Crippen LogP contribution in [0.3, 0.4) is 0 Å². The second kappa shape index (κ2) is 8.75. The largest absolute Gasteiger partial charge is 0.489 e. The summed E-state index contributed by atoms with van der Waals surface area (Å²) in [7, 11) is 0. The summed E-state index contributed by atoms with van der Waals surface area (Å²) in [5, 5.41) is 13.6. The van der Waals surface area contributed by atoms with Gasteiger partial charge in [0, 0.05) is 12.0 Å². The van der Waals surface area contributed by atoms with E-state index in [1.54, 1.807) is 6.07 Å². The molecule has 1 radical (unpaired) electrons. The van der Waals surface area contributed by atoms with Crippen LogP contribution in [-0.4, -0.2) is 26.5 Å². The van der Waals surface area contributed by atoms with E-state index in [9.17, 15) is 4.79 Å². The molecule has 3 N–H and O–H groups in total. The minimum absolute atomic E-state index is 0.440. The lowest BCUT2D eigenvalue weighted by Crippen LogP contribution is -2.14. The van der Waals surface area contributed by atoms with Crippen LogP contribution in [0.2, 0.25) is 0 Å². The van der Waals surface area contributed by atoms with Crippen molar-refractivity contribution in [2.75, 3.05) is 0 Å². The first-order chi connectivity index (χ1) is 12.7. The molecule has 0 saturated heterocycles. The Kier molecular flexibility index (Phi) is 5.92. The van der Waals surface area contributed by atoms with Gasteiger partial charge in [-0.3, -0.25) is 4.79 Å². The predicted molar refractivity (Wildman–Crippen MR) is 96.2 cm³/mol. The first kappa shape index (κ1) is 17.6. The number of nitrogens with one attached hydrogen (secondary N) is 1. The number of unbranched alkanes of at least 4 members (excludes halogenated alkanes) is 1. The van der Waals surface area contributed by atoms with Gasteiger partial charge in [-0.1, -0.05) is 36.4 Å². The highest BCUT2D eigenvalue weighted by atomic mass is 16.5. The van der Waals surface area contributed by atoms with Crippen molar-refractivity contribution in [1.29, 1.82) is 0 Å². The van der Waals surface area contributed by atoms with Gasteiger partial charge < -0.3 is 10.5 Å². The van der Waals surface area contributed by atoms with Crippen molar-refractivity contribution in [3.63, 3.8) is 0 Å². The molecule has 0 saturated carbocycles. The van der Waals surface area contributed by atoms with E-state index in [0.717, 1.165) is 29.8 Å². The number of nitrogens with zero attached hydrogens (tertiary/aromatic N) is 3. The van der Waals surface area contributed by atoms with Gasteiger partial charge in [0.1, 0.15) is 18.2 Å². The van der Waals surface area contributed by atoms with Crippen LogP contribution in [0.25, 0.3) is 0 Å². The maximum absolute atomic E-state index is 11.8. The molecule has 1 amide bonds. The summed E-state index contributed by atoms with van der Waals surface area (Å²) in [6, 6.07) is 15.3. The molecule has 1 heterocycles. The van der Waals surface area contributed by atoms with Crippen LogP contribution in [0, 0.1) is 6.42 Å². The Hall–Kier alpha value is -3.22. The number of amides is 1. The van der Waals surface area contributed by atoms with Gasteiger partial charge in [-0.15, -0.1) is 5.10 Å². The molecule has 0 bridgehead atoms. The van der Waals surface area contributed by atoms with Crippen LogP contribution >= 0.6 is 0 Å². The molecule has 7 heteroatoms. The predicted octanol–water partition coefficient (Wildman–Crippen LogP) is 2.26. The number of tetrazole rings is 1. The van der Waals surface area contributed by atoms with Gasteiger partial charge in [0.05, 0.1) is 0 Å². The van der Waals surface area contributed by atoms with Gasteiger partial charge in [0.15, 0.2) is 0 Å². The van der Waals surface area contributed by atoms with Crippen LogP contribution in [0.5, 0.6) is 5.75 Å².